The monoisotopic (exact) mass is 341 g/mol. The standard InChI is InChI=1S/C12H23NO10/c13-1-3-5(15)6(16)9(19)12(22-3)23-10-4(2-14)21-11(20)8(18)7(10)17/h3-12,14-20H,1-2,13H2/t3-,4-,5+,6+,7-,8-,9-,10+,11-,12-/m1/s1. The van der Waals surface area contributed by atoms with Gasteiger partial charge in [0.15, 0.2) is 12.6 Å². The van der Waals surface area contributed by atoms with Crippen LogP contribution in [0.15, 0.2) is 0 Å². The second kappa shape index (κ2) is 7.63. The van der Waals surface area contributed by atoms with Crippen LogP contribution in [0.4, 0.5) is 0 Å². The summed E-state index contributed by atoms with van der Waals surface area (Å²) in [5.41, 5.74) is 5.40. The fourth-order valence-electron chi connectivity index (χ4n) is 2.61. The second-order valence-electron chi connectivity index (χ2n) is 5.58. The van der Waals surface area contributed by atoms with Crippen LogP contribution in [-0.2, 0) is 14.2 Å². The van der Waals surface area contributed by atoms with Gasteiger partial charge >= 0.3 is 0 Å². The van der Waals surface area contributed by atoms with Crippen molar-refractivity contribution >= 4 is 0 Å². The Bertz CT molecular complexity index is 383. The highest BCUT2D eigenvalue weighted by atomic mass is 16.7. The molecular weight excluding hydrogens is 318 g/mol. The van der Waals surface area contributed by atoms with Crippen molar-refractivity contribution in [3.8, 4) is 0 Å². The molecule has 2 fully saturated rings. The van der Waals surface area contributed by atoms with Gasteiger partial charge in [0, 0.05) is 6.54 Å². The summed E-state index contributed by atoms with van der Waals surface area (Å²) in [6.07, 6.45) is -14.9. The number of aliphatic hydroxyl groups excluding tert-OH is 7. The van der Waals surface area contributed by atoms with E-state index in [1.54, 1.807) is 0 Å². The number of ether oxygens (including phenoxy) is 3. The fourth-order valence-corrected chi connectivity index (χ4v) is 2.61. The predicted octanol–water partition coefficient (Wildman–Crippen LogP) is -5.43. The molecule has 11 nitrogen and oxygen atoms in total. The van der Waals surface area contributed by atoms with E-state index in [9.17, 15) is 35.7 Å². The van der Waals surface area contributed by atoms with E-state index in [1.807, 2.05) is 0 Å². The number of hydrogen-bond donors (Lipinski definition) is 8. The summed E-state index contributed by atoms with van der Waals surface area (Å²) in [5, 5.41) is 67.6. The van der Waals surface area contributed by atoms with Gasteiger partial charge in [0.2, 0.25) is 0 Å². The first kappa shape index (κ1) is 18.9. The maximum atomic E-state index is 9.97. The fraction of sp³-hybridized carbons (Fsp3) is 1.00. The quantitative estimate of drug-likeness (QED) is 0.243. The summed E-state index contributed by atoms with van der Waals surface area (Å²) in [6.45, 7) is -0.820. The van der Waals surface area contributed by atoms with Crippen LogP contribution in [0.5, 0.6) is 0 Å². The van der Waals surface area contributed by atoms with Crippen molar-refractivity contribution in [3.63, 3.8) is 0 Å². The molecule has 0 aromatic heterocycles. The van der Waals surface area contributed by atoms with Gasteiger partial charge in [-0.25, -0.2) is 0 Å². The summed E-state index contributed by atoms with van der Waals surface area (Å²) >= 11 is 0. The number of nitrogens with two attached hydrogens (primary N) is 1. The summed E-state index contributed by atoms with van der Waals surface area (Å²) in [4.78, 5) is 0. The Balaban J connectivity index is 2.11. The molecule has 0 spiro atoms. The third kappa shape index (κ3) is 3.65. The lowest BCUT2D eigenvalue weighted by Crippen LogP contribution is -2.64. The SMILES string of the molecule is NC[C@H]1O[C@H](O[C@@H]2[C@H](O)[C@@H](O)[C@H](O)O[C@@H]2CO)[C@H](O)[C@@H](O)[C@H]1O. The van der Waals surface area contributed by atoms with Crippen molar-refractivity contribution in [2.45, 2.75) is 61.4 Å². The van der Waals surface area contributed by atoms with Crippen molar-refractivity contribution in [2.24, 2.45) is 5.73 Å². The largest absolute Gasteiger partial charge is 0.394 e. The molecule has 0 aromatic carbocycles. The highest BCUT2D eigenvalue weighted by Crippen LogP contribution is 2.28. The van der Waals surface area contributed by atoms with Crippen molar-refractivity contribution in [2.75, 3.05) is 13.2 Å². The molecule has 2 aliphatic heterocycles. The molecule has 0 aliphatic carbocycles. The minimum absolute atomic E-state index is 0.167. The molecule has 136 valence electrons. The van der Waals surface area contributed by atoms with Crippen LogP contribution in [0, 0.1) is 0 Å². The molecule has 2 aliphatic rings. The van der Waals surface area contributed by atoms with Gasteiger partial charge in [-0.1, -0.05) is 0 Å². The van der Waals surface area contributed by atoms with E-state index in [0.717, 1.165) is 0 Å². The topological polar surface area (TPSA) is 195 Å². The highest BCUT2D eigenvalue weighted by Gasteiger charge is 2.49. The Morgan fingerprint density at radius 3 is 2.00 bits per heavy atom. The summed E-state index contributed by atoms with van der Waals surface area (Å²) < 4.78 is 15.5. The van der Waals surface area contributed by atoms with E-state index in [0.29, 0.717) is 0 Å². The normalized spacial score (nSPS) is 51.7. The zero-order valence-electron chi connectivity index (χ0n) is 12.1. The zero-order chi connectivity index (χ0) is 17.3. The second-order valence-corrected chi connectivity index (χ2v) is 5.58. The van der Waals surface area contributed by atoms with Crippen LogP contribution in [0.25, 0.3) is 0 Å². The molecule has 2 heterocycles. The number of rotatable bonds is 4. The molecule has 0 bridgehead atoms. The van der Waals surface area contributed by atoms with Crippen LogP contribution in [0.1, 0.15) is 0 Å². The van der Waals surface area contributed by atoms with Crippen molar-refractivity contribution in [1.29, 1.82) is 0 Å². The van der Waals surface area contributed by atoms with E-state index in [-0.39, 0.29) is 6.54 Å². The summed E-state index contributed by atoms with van der Waals surface area (Å²) in [7, 11) is 0. The Morgan fingerprint density at radius 2 is 1.43 bits per heavy atom. The Kier molecular flexibility index (Phi) is 6.27. The van der Waals surface area contributed by atoms with Gasteiger partial charge in [0.25, 0.3) is 0 Å². The molecule has 10 atom stereocenters. The summed E-state index contributed by atoms with van der Waals surface area (Å²) in [5.74, 6) is 0. The molecule has 0 unspecified atom stereocenters. The first-order valence-electron chi connectivity index (χ1n) is 7.17. The van der Waals surface area contributed by atoms with E-state index in [1.165, 1.54) is 0 Å². The van der Waals surface area contributed by atoms with Gasteiger partial charge in [0.1, 0.15) is 48.8 Å². The van der Waals surface area contributed by atoms with Crippen molar-refractivity contribution in [1.82, 2.24) is 0 Å². The van der Waals surface area contributed by atoms with Crippen LogP contribution in [0.2, 0.25) is 0 Å². The lowest BCUT2D eigenvalue weighted by atomic mass is 9.97. The summed E-state index contributed by atoms with van der Waals surface area (Å²) in [6, 6.07) is 0. The smallest absolute Gasteiger partial charge is 0.187 e. The minimum atomic E-state index is -1.72. The molecule has 0 aromatic rings. The van der Waals surface area contributed by atoms with Crippen LogP contribution in [-0.4, -0.2) is 110 Å². The molecular formula is C12H23NO10. The molecule has 11 heteroatoms. The Hall–Kier alpha value is -0.440. The van der Waals surface area contributed by atoms with Crippen molar-refractivity contribution in [3.05, 3.63) is 0 Å². The van der Waals surface area contributed by atoms with E-state index < -0.39 is 68.0 Å². The maximum Gasteiger partial charge on any atom is 0.187 e. The van der Waals surface area contributed by atoms with Crippen LogP contribution < -0.4 is 5.73 Å². The molecule has 2 rings (SSSR count). The molecule has 23 heavy (non-hydrogen) atoms. The molecule has 0 saturated carbocycles. The van der Waals surface area contributed by atoms with Crippen LogP contribution >= 0.6 is 0 Å². The number of aliphatic hydroxyl groups is 7. The van der Waals surface area contributed by atoms with Crippen molar-refractivity contribution < 1.29 is 50.0 Å². The lowest BCUT2D eigenvalue weighted by molar-refractivity contribution is -0.352. The van der Waals surface area contributed by atoms with Gasteiger partial charge in [-0.2, -0.15) is 0 Å². The Morgan fingerprint density at radius 1 is 0.783 bits per heavy atom. The molecule has 9 N–H and O–H groups in total. The van der Waals surface area contributed by atoms with E-state index in [2.05, 4.69) is 0 Å². The van der Waals surface area contributed by atoms with Gasteiger partial charge in [-0.15, -0.1) is 0 Å². The van der Waals surface area contributed by atoms with E-state index >= 15 is 0 Å². The zero-order valence-corrected chi connectivity index (χ0v) is 12.1. The van der Waals surface area contributed by atoms with Gasteiger partial charge in [0.05, 0.1) is 6.61 Å². The molecule has 0 amide bonds. The third-order valence-corrected chi connectivity index (χ3v) is 4.03. The maximum absolute atomic E-state index is 9.97. The Labute approximate surface area is 131 Å². The minimum Gasteiger partial charge on any atom is -0.394 e. The predicted molar refractivity (Wildman–Crippen MR) is 70.6 cm³/mol. The van der Waals surface area contributed by atoms with Gasteiger partial charge < -0.3 is 55.7 Å². The first-order valence-corrected chi connectivity index (χ1v) is 7.17. The number of hydrogen-bond acceptors (Lipinski definition) is 11. The van der Waals surface area contributed by atoms with Crippen LogP contribution in [0.3, 0.4) is 0 Å². The first-order chi connectivity index (χ1) is 10.8. The molecule has 0 radical (unpaired) electrons. The average Bonchev–Trinajstić information content (AvgIpc) is 2.55. The molecule has 2 saturated heterocycles. The lowest BCUT2D eigenvalue weighted by Gasteiger charge is -2.45. The van der Waals surface area contributed by atoms with Gasteiger partial charge in [-0.3, -0.25) is 0 Å². The van der Waals surface area contributed by atoms with Gasteiger partial charge in [-0.05, 0) is 0 Å². The van der Waals surface area contributed by atoms with E-state index in [4.69, 9.17) is 19.9 Å². The average molecular weight is 341 g/mol. The highest BCUT2D eigenvalue weighted by molar-refractivity contribution is 4.93. The third-order valence-electron chi connectivity index (χ3n) is 4.03.